The van der Waals surface area contributed by atoms with E-state index < -0.39 is 20.2 Å². The van der Waals surface area contributed by atoms with Crippen LogP contribution in [0.4, 0.5) is 11.4 Å². The summed E-state index contributed by atoms with van der Waals surface area (Å²) in [6.07, 6.45) is 0.710. The van der Waals surface area contributed by atoms with Crippen molar-refractivity contribution < 1.29 is 16.8 Å². The van der Waals surface area contributed by atoms with Crippen LogP contribution in [0.15, 0.2) is 59.5 Å². The lowest BCUT2D eigenvalue weighted by molar-refractivity contribution is 0.560. The summed E-state index contributed by atoms with van der Waals surface area (Å²) in [5.74, 6) is 0. The van der Waals surface area contributed by atoms with Crippen molar-refractivity contribution in [2.75, 3.05) is 22.1 Å². The molecule has 9 heteroatoms. The molecular formula is C15H17N3O4S2. The average molecular weight is 367 g/mol. The zero-order valence-electron chi connectivity index (χ0n) is 12.7. The second-order valence-corrected chi connectivity index (χ2v) is 8.65. The minimum absolute atomic E-state index is 0.164. The van der Waals surface area contributed by atoms with Crippen LogP contribution >= 0.6 is 0 Å². The van der Waals surface area contributed by atoms with Crippen molar-refractivity contribution in [3.63, 3.8) is 0 Å². The van der Waals surface area contributed by atoms with E-state index in [1.807, 2.05) is 0 Å². The third-order valence-corrected chi connectivity index (χ3v) is 6.51. The van der Waals surface area contributed by atoms with Gasteiger partial charge in [0, 0.05) is 18.8 Å². The van der Waals surface area contributed by atoms with Gasteiger partial charge in [0.15, 0.2) is 0 Å². The van der Waals surface area contributed by atoms with E-state index in [9.17, 15) is 16.8 Å². The van der Waals surface area contributed by atoms with Crippen LogP contribution < -0.4 is 13.7 Å². The van der Waals surface area contributed by atoms with Crippen molar-refractivity contribution >= 4 is 31.6 Å². The van der Waals surface area contributed by atoms with Gasteiger partial charge in [-0.3, -0.25) is 9.03 Å². The highest BCUT2D eigenvalue weighted by Crippen LogP contribution is 2.23. The largest absolute Gasteiger partial charge is 0.301 e. The Morgan fingerprint density at radius 1 is 1.00 bits per heavy atom. The molecule has 2 N–H and O–H groups in total. The van der Waals surface area contributed by atoms with Crippen LogP contribution in [0, 0.1) is 0 Å². The molecule has 0 unspecified atom stereocenters. The zero-order valence-corrected chi connectivity index (χ0v) is 14.3. The van der Waals surface area contributed by atoms with Crippen LogP contribution in [-0.4, -0.2) is 29.9 Å². The molecule has 0 aromatic heterocycles. The molecule has 7 nitrogen and oxygen atoms in total. The standard InChI is InChI=1S/C15H17N3O4S2/c19-23(20,15-5-2-1-3-6-15)17-13-7-9-14(10-8-13)18-12-4-11-16-24(18,21)22/h1-3,5-10,16-17H,4,11-12H2. The van der Waals surface area contributed by atoms with Gasteiger partial charge in [0.2, 0.25) is 0 Å². The number of sulfonamides is 1. The summed E-state index contributed by atoms with van der Waals surface area (Å²) in [5.41, 5.74) is 0.856. The lowest BCUT2D eigenvalue weighted by atomic mass is 10.3. The average Bonchev–Trinajstić information content (AvgIpc) is 2.56. The van der Waals surface area contributed by atoms with E-state index >= 15 is 0 Å². The highest BCUT2D eigenvalue weighted by molar-refractivity contribution is 7.92. The molecule has 0 amide bonds. The zero-order chi connectivity index (χ0) is 17.2. The van der Waals surface area contributed by atoms with Crippen molar-refractivity contribution in [1.82, 2.24) is 4.72 Å². The third kappa shape index (κ3) is 3.53. The fourth-order valence-electron chi connectivity index (χ4n) is 2.40. The number of nitrogens with zero attached hydrogens (tertiary/aromatic N) is 1. The maximum absolute atomic E-state index is 12.3. The first kappa shape index (κ1) is 16.7. The highest BCUT2D eigenvalue weighted by atomic mass is 32.2. The molecule has 1 heterocycles. The lowest BCUT2D eigenvalue weighted by Gasteiger charge is -2.28. The van der Waals surface area contributed by atoms with Crippen LogP contribution in [0.25, 0.3) is 0 Å². The summed E-state index contributed by atoms with van der Waals surface area (Å²) in [6, 6.07) is 14.3. The number of hydrogen-bond donors (Lipinski definition) is 2. The van der Waals surface area contributed by atoms with Gasteiger partial charge in [-0.1, -0.05) is 18.2 Å². The van der Waals surface area contributed by atoms with E-state index in [1.165, 1.54) is 16.4 Å². The molecule has 2 aromatic carbocycles. The van der Waals surface area contributed by atoms with E-state index in [1.54, 1.807) is 42.5 Å². The summed E-state index contributed by atoms with van der Waals surface area (Å²) in [4.78, 5) is 0.164. The van der Waals surface area contributed by atoms with Crippen LogP contribution in [0.3, 0.4) is 0 Å². The lowest BCUT2D eigenvalue weighted by Crippen LogP contribution is -2.47. The van der Waals surface area contributed by atoms with Gasteiger partial charge in [0.05, 0.1) is 10.6 Å². The van der Waals surface area contributed by atoms with Crippen LogP contribution in [0.5, 0.6) is 0 Å². The second-order valence-electron chi connectivity index (χ2n) is 5.29. The molecule has 1 aliphatic rings. The summed E-state index contributed by atoms with van der Waals surface area (Å²) in [7, 11) is -7.19. The molecule has 0 saturated carbocycles. The van der Waals surface area contributed by atoms with Crippen LogP contribution in [0.2, 0.25) is 0 Å². The Hall–Kier alpha value is -2.10. The van der Waals surface area contributed by atoms with E-state index in [0.717, 1.165) is 0 Å². The first-order valence-electron chi connectivity index (χ1n) is 7.34. The summed E-state index contributed by atoms with van der Waals surface area (Å²) < 4.78 is 54.7. The maximum Gasteiger partial charge on any atom is 0.301 e. The quantitative estimate of drug-likeness (QED) is 0.857. The van der Waals surface area contributed by atoms with Gasteiger partial charge in [-0.2, -0.15) is 13.1 Å². The molecule has 0 radical (unpaired) electrons. The topological polar surface area (TPSA) is 95.6 Å². The Morgan fingerprint density at radius 2 is 1.67 bits per heavy atom. The molecular weight excluding hydrogens is 350 g/mol. The van der Waals surface area contributed by atoms with Gasteiger partial charge in [-0.15, -0.1) is 0 Å². The molecule has 2 aromatic rings. The smallest absolute Gasteiger partial charge is 0.280 e. The van der Waals surface area contributed by atoms with Gasteiger partial charge in [-0.05, 0) is 42.8 Å². The fourth-order valence-corrected chi connectivity index (χ4v) is 4.81. The normalized spacial score (nSPS) is 17.4. The van der Waals surface area contributed by atoms with E-state index in [4.69, 9.17) is 0 Å². The second kappa shape index (κ2) is 6.42. The van der Waals surface area contributed by atoms with Crippen molar-refractivity contribution in [1.29, 1.82) is 0 Å². The van der Waals surface area contributed by atoms with E-state index in [0.29, 0.717) is 30.9 Å². The van der Waals surface area contributed by atoms with Gasteiger partial charge in [-0.25, -0.2) is 8.42 Å². The van der Waals surface area contributed by atoms with Crippen molar-refractivity contribution in [2.24, 2.45) is 0 Å². The number of rotatable bonds is 4. The molecule has 1 saturated heterocycles. The predicted molar refractivity (Wildman–Crippen MR) is 92.6 cm³/mol. The Morgan fingerprint density at radius 3 is 2.29 bits per heavy atom. The van der Waals surface area contributed by atoms with E-state index in [-0.39, 0.29) is 4.90 Å². The molecule has 0 spiro atoms. The first-order chi connectivity index (χ1) is 11.4. The Bertz CT molecular complexity index is 911. The fraction of sp³-hybridized carbons (Fsp3) is 0.200. The maximum atomic E-state index is 12.3. The van der Waals surface area contributed by atoms with Gasteiger partial charge in [0.1, 0.15) is 0 Å². The first-order valence-corrected chi connectivity index (χ1v) is 10.3. The monoisotopic (exact) mass is 367 g/mol. The Labute approximate surface area is 141 Å². The molecule has 0 bridgehead atoms. The van der Waals surface area contributed by atoms with Gasteiger partial charge < -0.3 is 0 Å². The molecule has 0 atom stereocenters. The minimum Gasteiger partial charge on any atom is -0.280 e. The van der Waals surface area contributed by atoms with Crippen LogP contribution in [-0.2, 0) is 20.2 Å². The third-order valence-electron chi connectivity index (χ3n) is 3.57. The molecule has 128 valence electrons. The molecule has 3 rings (SSSR count). The highest BCUT2D eigenvalue weighted by Gasteiger charge is 2.25. The predicted octanol–water partition coefficient (Wildman–Crippen LogP) is 1.53. The minimum atomic E-state index is -3.67. The summed E-state index contributed by atoms with van der Waals surface area (Å²) in [6.45, 7) is 0.818. The molecule has 0 aliphatic carbocycles. The molecule has 1 aliphatic heterocycles. The molecule has 24 heavy (non-hydrogen) atoms. The summed E-state index contributed by atoms with van der Waals surface area (Å²) in [5, 5.41) is 0. The van der Waals surface area contributed by atoms with Crippen molar-refractivity contribution in [3.05, 3.63) is 54.6 Å². The van der Waals surface area contributed by atoms with Crippen LogP contribution in [0.1, 0.15) is 6.42 Å². The van der Waals surface area contributed by atoms with Gasteiger partial charge in [0.25, 0.3) is 10.0 Å². The van der Waals surface area contributed by atoms with Crippen molar-refractivity contribution in [3.8, 4) is 0 Å². The number of nitrogens with one attached hydrogen (secondary N) is 2. The summed E-state index contributed by atoms with van der Waals surface area (Å²) >= 11 is 0. The van der Waals surface area contributed by atoms with Gasteiger partial charge >= 0.3 is 10.2 Å². The SMILES string of the molecule is O=S(=O)(Nc1ccc(N2CCCNS2(=O)=O)cc1)c1ccccc1. The van der Waals surface area contributed by atoms with E-state index in [2.05, 4.69) is 9.44 Å². The number of benzene rings is 2. The van der Waals surface area contributed by atoms with Crippen molar-refractivity contribution in [2.45, 2.75) is 11.3 Å². The Balaban J connectivity index is 1.80. The number of anilines is 2. The Kier molecular flexibility index (Phi) is 4.48. The number of hydrogen-bond acceptors (Lipinski definition) is 4. The molecule has 1 fully saturated rings.